The van der Waals surface area contributed by atoms with Gasteiger partial charge in [0.25, 0.3) is 0 Å². The van der Waals surface area contributed by atoms with E-state index in [1.807, 2.05) is 0 Å². The fourth-order valence-electron chi connectivity index (χ4n) is 3.37. The van der Waals surface area contributed by atoms with E-state index in [0.717, 1.165) is 38.5 Å². The Kier molecular flexibility index (Phi) is 4.94. The molecule has 0 radical (unpaired) electrons. The van der Waals surface area contributed by atoms with Gasteiger partial charge < -0.3 is 10.0 Å². The van der Waals surface area contributed by atoms with Crippen molar-refractivity contribution in [1.82, 2.24) is 4.90 Å². The second kappa shape index (κ2) is 6.33. The van der Waals surface area contributed by atoms with Crippen LogP contribution in [0.15, 0.2) is 0 Å². The topological polar surface area (TPSA) is 40.5 Å². The average molecular weight is 293 g/mol. The number of amides is 1. The molecule has 1 saturated carbocycles. The average Bonchev–Trinajstić information content (AvgIpc) is 2.70. The molecule has 0 aromatic rings. The maximum atomic E-state index is 12.7. The van der Waals surface area contributed by atoms with Gasteiger partial charge in [-0.3, -0.25) is 4.79 Å². The Labute approximate surface area is 117 Å². The van der Waals surface area contributed by atoms with Gasteiger partial charge in [0.1, 0.15) is 0 Å². The van der Waals surface area contributed by atoms with E-state index in [1.165, 1.54) is 4.90 Å². The lowest BCUT2D eigenvalue weighted by Crippen LogP contribution is -2.50. The molecule has 0 spiro atoms. The molecule has 1 amide bonds. The van der Waals surface area contributed by atoms with Crippen LogP contribution >= 0.6 is 0 Å². The van der Waals surface area contributed by atoms with Gasteiger partial charge in [0.15, 0.2) is 6.10 Å². The summed E-state index contributed by atoms with van der Waals surface area (Å²) in [6.45, 7) is 0.340. The van der Waals surface area contributed by atoms with E-state index in [2.05, 4.69) is 0 Å². The molecular formula is C14H22F3NO2. The maximum absolute atomic E-state index is 12.7. The van der Waals surface area contributed by atoms with Crippen LogP contribution in [0, 0.1) is 5.92 Å². The second-order valence-corrected chi connectivity index (χ2v) is 5.92. The zero-order valence-electron chi connectivity index (χ0n) is 11.5. The third kappa shape index (κ3) is 3.45. The third-order valence-corrected chi connectivity index (χ3v) is 4.49. The Morgan fingerprint density at radius 2 is 1.65 bits per heavy atom. The highest BCUT2D eigenvalue weighted by Crippen LogP contribution is 2.33. The summed E-state index contributed by atoms with van der Waals surface area (Å²) in [6.07, 6.45) is -0.634. The van der Waals surface area contributed by atoms with Crippen molar-refractivity contribution in [3.63, 3.8) is 0 Å². The summed E-state index contributed by atoms with van der Waals surface area (Å²) in [5, 5.41) is 9.44. The predicted molar refractivity (Wildman–Crippen MR) is 68.0 cm³/mol. The molecule has 1 N–H and O–H groups in total. The summed E-state index contributed by atoms with van der Waals surface area (Å²) in [7, 11) is 0. The first-order chi connectivity index (χ1) is 9.41. The Morgan fingerprint density at radius 3 is 2.20 bits per heavy atom. The number of rotatable bonds is 2. The third-order valence-electron chi connectivity index (χ3n) is 4.49. The first-order valence-corrected chi connectivity index (χ1v) is 7.46. The standard InChI is InChI=1S/C14H22F3NO2/c15-14(16,17)12(19)11-8-5-9-18(11)13(20)10-6-3-1-2-4-7-10/h10-12,19H,1-9H2/t11-,12+/m0/s1. The van der Waals surface area contributed by atoms with E-state index in [4.69, 9.17) is 0 Å². The number of halogens is 3. The summed E-state index contributed by atoms with van der Waals surface area (Å²) in [5.41, 5.74) is 0. The highest BCUT2D eigenvalue weighted by Gasteiger charge is 2.48. The number of hydrogen-bond acceptors (Lipinski definition) is 2. The molecule has 1 heterocycles. The second-order valence-electron chi connectivity index (χ2n) is 5.92. The monoisotopic (exact) mass is 293 g/mol. The molecule has 1 saturated heterocycles. The molecule has 2 fully saturated rings. The summed E-state index contributed by atoms with van der Waals surface area (Å²) in [4.78, 5) is 13.7. The molecule has 2 rings (SSSR count). The van der Waals surface area contributed by atoms with Crippen molar-refractivity contribution in [1.29, 1.82) is 0 Å². The maximum Gasteiger partial charge on any atom is 0.416 e. The number of alkyl halides is 3. The fourth-order valence-corrected chi connectivity index (χ4v) is 3.37. The van der Waals surface area contributed by atoms with Crippen LogP contribution < -0.4 is 0 Å². The minimum atomic E-state index is -4.66. The van der Waals surface area contributed by atoms with Gasteiger partial charge in [-0.25, -0.2) is 0 Å². The van der Waals surface area contributed by atoms with Gasteiger partial charge in [-0.2, -0.15) is 13.2 Å². The van der Waals surface area contributed by atoms with Crippen LogP contribution in [0.5, 0.6) is 0 Å². The van der Waals surface area contributed by atoms with E-state index in [9.17, 15) is 23.1 Å². The first kappa shape index (κ1) is 15.6. The SMILES string of the molecule is O=C(C1CCCCCC1)N1CCC[C@H]1[C@@H](O)C(F)(F)F. The van der Waals surface area contributed by atoms with Crippen molar-refractivity contribution >= 4 is 5.91 Å². The van der Waals surface area contributed by atoms with Crippen molar-refractivity contribution in [2.24, 2.45) is 5.92 Å². The van der Waals surface area contributed by atoms with Crippen LogP contribution in [0.1, 0.15) is 51.4 Å². The molecule has 1 aliphatic carbocycles. The molecule has 1 aliphatic heterocycles. The smallest absolute Gasteiger partial charge is 0.382 e. The Morgan fingerprint density at radius 1 is 1.05 bits per heavy atom. The fraction of sp³-hybridized carbons (Fsp3) is 0.929. The molecule has 6 heteroatoms. The molecule has 2 atom stereocenters. The normalized spacial score (nSPS) is 27.4. The lowest BCUT2D eigenvalue weighted by atomic mass is 9.97. The van der Waals surface area contributed by atoms with Crippen LogP contribution in [0.25, 0.3) is 0 Å². The highest BCUT2D eigenvalue weighted by atomic mass is 19.4. The number of carbonyl (C=O) groups excluding carboxylic acids is 1. The summed E-state index contributed by atoms with van der Waals surface area (Å²) >= 11 is 0. The van der Waals surface area contributed by atoms with Crippen LogP contribution in [0.4, 0.5) is 13.2 Å². The molecule has 0 aromatic heterocycles. The van der Waals surface area contributed by atoms with Crippen LogP contribution in [0.3, 0.4) is 0 Å². The molecule has 0 unspecified atom stereocenters. The van der Waals surface area contributed by atoms with E-state index < -0.39 is 18.3 Å². The van der Waals surface area contributed by atoms with Gasteiger partial charge in [-0.1, -0.05) is 25.7 Å². The highest BCUT2D eigenvalue weighted by molar-refractivity contribution is 5.79. The Bertz CT molecular complexity index is 338. The van der Waals surface area contributed by atoms with E-state index >= 15 is 0 Å². The van der Waals surface area contributed by atoms with Crippen molar-refractivity contribution in [2.45, 2.75) is 69.7 Å². The summed E-state index contributed by atoms with van der Waals surface area (Å²) in [6, 6.07) is -1.09. The molecule has 116 valence electrons. The van der Waals surface area contributed by atoms with Crippen LogP contribution in [0.2, 0.25) is 0 Å². The molecule has 2 aliphatic rings. The number of carbonyl (C=O) groups is 1. The van der Waals surface area contributed by atoms with Crippen molar-refractivity contribution in [2.75, 3.05) is 6.54 Å². The zero-order valence-corrected chi connectivity index (χ0v) is 11.5. The summed E-state index contributed by atoms with van der Waals surface area (Å²) in [5.74, 6) is -0.337. The van der Waals surface area contributed by atoms with Gasteiger partial charge in [0, 0.05) is 12.5 Å². The zero-order chi connectivity index (χ0) is 14.8. The predicted octanol–water partition coefficient (Wildman–Crippen LogP) is 2.87. The minimum Gasteiger partial charge on any atom is -0.382 e. The molecule has 0 bridgehead atoms. The van der Waals surface area contributed by atoms with E-state index in [1.54, 1.807) is 0 Å². The quantitative estimate of drug-likeness (QED) is 0.795. The van der Waals surface area contributed by atoms with Crippen molar-refractivity contribution < 1.29 is 23.1 Å². The van der Waals surface area contributed by atoms with E-state index in [-0.39, 0.29) is 18.2 Å². The van der Waals surface area contributed by atoms with Crippen molar-refractivity contribution in [3.8, 4) is 0 Å². The first-order valence-electron chi connectivity index (χ1n) is 7.46. The lowest BCUT2D eigenvalue weighted by molar-refractivity contribution is -0.219. The van der Waals surface area contributed by atoms with Gasteiger partial charge in [0.2, 0.25) is 5.91 Å². The molecule has 3 nitrogen and oxygen atoms in total. The van der Waals surface area contributed by atoms with Crippen LogP contribution in [-0.2, 0) is 4.79 Å². The van der Waals surface area contributed by atoms with Crippen LogP contribution in [-0.4, -0.2) is 40.8 Å². The molecule has 20 heavy (non-hydrogen) atoms. The van der Waals surface area contributed by atoms with Gasteiger partial charge >= 0.3 is 6.18 Å². The lowest BCUT2D eigenvalue weighted by Gasteiger charge is -2.32. The molecule has 0 aromatic carbocycles. The number of hydrogen-bond donors (Lipinski definition) is 1. The van der Waals surface area contributed by atoms with Gasteiger partial charge in [-0.05, 0) is 25.7 Å². The van der Waals surface area contributed by atoms with Gasteiger partial charge in [-0.15, -0.1) is 0 Å². The Balaban J connectivity index is 2.04. The number of nitrogens with zero attached hydrogens (tertiary/aromatic N) is 1. The van der Waals surface area contributed by atoms with Crippen molar-refractivity contribution in [3.05, 3.63) is 0 Å². The number of aliphatic hydroxyl groups is 1. The largest absolute Gasteiger partial charge is 0.416 e. The summed E-state index contributed by atoms with van der Waals surface area (Å²) < 4.78 is 38.0. The Hall–Kier alpha value is -0.780. The molecular weight excluding hydrogens is 271 g/mol. The minimum absolute atomic E-state index is 0.154. The number of likely N-dealkylation sites (tertiary alicyclic amines) is 1. The van der Waals surface area contributed by atoms with E-state index in [0.29, 0.717) is 13.0 Å². The number of aliphatic hydroxyl groups excluding tert-OH is 1. The van der Waals surface area contributed by atoms with Gasteiger partial charge in [0.05, 0.1) is 6.04 Å².